The molecule has 6 rings (SSSR count). The predicted octanol–water partition coefficient (Wildman–Crippen LogP) is 5.52. The van der Waals surface area contributed by atoms with Crippen LogP contribution in [-0.4, -0.2) is 29.1 Å². The molecule has 5 saturated carbocycles. The first kappa shape index (κ1) is 21.7. The summed E-state index contributed by atoms with van der Waals surface area (Å²) in [7, 11) is -0.342. The molecule has 3 atom stereocenters. The number of ether oxygens (including phenoxy) is 2. The van der Waals surface area contributed by atoms with E-state index in [9.17, 15) is 13.4 Å². The summed E-state index contributed by atoms with van der Waals surface area (Å²) in [5, 5.41) is -0.168. The Balaban J connectivity index is 1.31. The maximum atomic E-state index is 15.0. The normalized spacial score (nSPS) is 37.1. The fraction of sp³-hybridized carbons (Fsp3) is 0.708. The number of methoxy groups -OCH3 is 1. The fourth-order valence-electron chi connectivity index (χ4n) is 7.24. The van der Waals surface area contributed by atoms with Crippen LogP contribution < -0.4 is 4.74 Å². The molecule has 0 radical (unpaired) electrons. The van der Waals surface area contributed by atoms with Gasteiger partial charge >= 0.3 is 5.97 Å². The smallest absolute Gasteiger partial charge is 0.309 e. The first-order valence-corrected chi connectivity index (χ1v) is 13.1. The van der Waals surface area contributed by atoms with Crippen LogP contribution in [0.15, 0.2) is 17.0 Å². The second-order valence-corrected chi connectivity index (χ2v) is 12.4. The molecule has 1 aromatic rings. The molecule has 3 unspecified atom stereocenters. The number of hydrogen-bond acceptors (Lipinski definition) is 4. The van der Waals surface area contributed by atoms with E-state index in [-0.39, 0.29) is 21.3 Å². The Morgan fingerprint density at radius 3 is 2.42 bits per heavy atom. The number of esters is 1. The first-order valence-electron chi connectivity index (χ1n) is 11.5. The average molecular weight is 469 g/mol. The SMILES string of the molecule is COC(=O)C1CCCC1S(=O)c1cc(Cl)c(OCC23CC4CC(CC(C4)C2)C3)cc1F. The number of rotatable bonds is 6. The molecule has 5 fully saturated rings. The van der Waals surface area contributed by atoms with E-state index in [0.29, 0.717) is 25.2 Å². The standard InChI is InChI=1S/C24H30ClFO4S/c1-29-23(27)17-3-2-4-21(17)31(28)22-8-18(25)20(9-19(22)26)30-13-24-10-14-5-15(11-24)7-16(6-14)12-24/h8-9,14-17,21H,2-7,10-13H2,1H3. The lowest BCUT2D eigenvalue weighted by Crippen LogP contribution is -2.48. The van der Waals surface area contributed by atoms with Gasteiger partial charge in [-0.2, -0.15) is 0 Å². The number of carbonyl (C=O) groups excluding carboxylic acids is 1. The van der Waals surface area contributed by atoms with Gasteiger partial charge in [-0.25, -0.2) is 4.39 Å². The monoisotopic (exact) mass is 468 g/mol. The van der Waals surface area contributed by atoms with Crippen molar-refractivity contribution < 1.29 is 22.9 Å². The summed E-state index contributed by atoms with van der Waals surface area (Å²) >= 11 is 6.45. The van der Waals surface area contributed by atoms with Crippen molar-refractivity contribution in [2.24, 2.45) is 29.1 Å². The van der Waals surface area contributed by atoms with Crippen molar-refractivity contribution in [1.29, 1.82) is 0 Å². The van der Waals surface area contributed by atoms with Gasteiger partial charge < -0.3 is 9.47 Å². The Kier molecular flexibility index (Phi) is 5.83. The van der Waals surface area contributed by atoms with E-state index in [1.165, 1.54) is 57.8 Å². The molecule has 0 heterocycles. The van der Waals surface area contributed by atoms with E-state index < -0.39 is 27.8 Å². The predicted molar refractivity (Wildman–Crippen MR) is 117 cm³/mol. The lowest BCUT2D eigenvalue weighted by molar-refractivity contribution is -0.145. The van der Waals surface area contributed by atoms with Gasteiger partial charge in [0, 0.05) is 11.5 Å². The van der Waals surface area contributed by atoms with E-state index in [1.54, 1.807) is 0 Å². The number of halogens is 2. The van der Waals surface area contributed by atoms with E-state index >= 15 is 0 Å². The van der Waals surface area contributed by atoms with Crippen molar-refractivity contribution in [3.8, 4) is 5.75 Å². The van der Waals surface area contributed by atoms with E-state index in [4.69, 9.17) is 21.1 Å². The zero-order chi connectivity index (χ0) is 21.8. The molecule has 0 aliphatic heterocycles. The third kappa shape index (κ3) is 4.03. The van der Waals surface area contributed by atoms with Crippen molar-refractivity contribution in [2.75, 3.05) is 13.7 Å². The van der Waals surface area contributed by atoms with Crippen LogP contribution in [0, 0.1) is 34.9 Å². The lowest BCUT2D eigenvalue weighted by atomic mass is 9.50. The van der Waals surface area contributed by atoms with Crippen LogP contribution in [0.4, 0.5) is 4.39 Å². The molecular weight excluding hydrogens is 439 g/mol. The molecule has 31 heavy (non-hydrogen) atoms. The van der Waals surface area contributed by atoms with Gasteiger partial charge in [-0.3, -0.25) is 9.00 Å². The molecular formula is C24H30ClFO4S. The summed E-state index contributed by atoms with van der Waals surface area (Å²) in [6, 6.07) is 2.70. The van der Waals surface area contributed by atoms with Crippen LogP contribution in [0.3, 0.4) is 0 Å². The minimum atomic E-state index is -1.67. The zero-order valence-corrected chi connectivity index (χ0v) is 19.5. The molecule has 4 nitrogen and oxygen atoms in total. The largest absolute Gasteiger partial charge is 0.491 e. The van der Waals surface area contributed by atoms with Crippen molar-refractivity contribution in [3.05, 3.63) is 23.0 Å². The number of carbonyl (C=O) groups is 1. The van der Waals surface area contributed by atoms with Gasteiger partial charge in [-0.15, -0.1) is 0 Å². The molecule has 4 bridgehead atoms. The quantitative estimate of drug-likeness (QED) is 0.515. The fourth-order valence-corrected chi connectivity index (χ4v) is 9.26. The van der Waals surface area contributed by atoms with Crippen molar-refractivity contribution in [3.63, 3.8) is 0 Å². The Hall–Kier alpha value is -1.14. The Morgan fingerprint density at radius 1 is 1.16 bits per heavy atom. The van der Waals surface area contributed by atoms with Crippen molar-refractivity contribution >= 4 is 28.4 Å². The molecule has 0 aromatic heterocycles. The Bertz CT molecular complexity index is 869. The second-order valence-electron chi connectivity index (χ2n) is 10.3. The van der Waals surface area contributed by atoms with Crippen LogP contribution in [0.2, 0.25) is 5.02 Å². The third-order valence-corrected chi connectivity index (χ3v) is 10.3. The first-order chi connectivity index (χ1) is 14.9. The topological polar surface area (TPSA) is 52.6 Å². The zero-order valence-electron chi connectivity index (χ0n) is 17.9. The summed E-state index contributed by atoms with van der Waals surface area (Å²) in [5.41, 5.74) is 0.202. The number of benzene rings is 1. The highest BCUT2D eigenvalue weighted by atomic mass is 35.5. The van der Waals surface area contributed by atoms with Crippen LogP contribution in [-0.2, 0) is 20.3 Å². The lowest BCUT2D eigenvalue weighted by Gasteiger charge is -2.56. The summed E-state index contributed by atoms with van der Waals surface area (Å²) < 4.78 is 39.0. The summed E-state index contributed by atoms with van der Waals surface area (Å²) in [6.07, 6.45) is 9.71. The highest BCUT2D eigenvalue weighted by molar-refractivity contribution is 7.85. The van der Waals surface area contributed by atoms with Gasteiger partial charge in [-0.1, -0.05) is 18.0 Å². The molecule has 5 aliphatic rings. The van der Waals surface area contributed by atoms with E-state index in [0.717, 1.165) is 24.2 Å². The van der Waals surface area contributed by atoms with Gasteiger partial charge in [0.2, 0.25) is 0 Å². The van der Waals surface area contributed by atoms with E-state index in [2.05, 4.69) is 0 Å². The summed E-state index contributed by atoms with van der Waals surface area (Å²) in [5.74, 6) is 1.36. The van der Waals surface area contributed by atoms with Gasteiger partial charge in [0.05, 0.1) is 45.6 Å². The summed E-state index contributed by atoms with van der Waals surface area (Å²) in [6.45, 7) is 0.575. The van der Waals surface area contributed by atoms with E-state index in [1.807, 2.05) is 0 Å². The maximum absolute atomic E-state index is 15.0. The second kappa shape index (κ2) is 8.33. The molecule has 1 aromatic carbocycles. The number of hydrogen-bond donors (Lipinski definition) is 0. The highest BCUT2D eigenvalue weighted by Crippen LogP contribution is 2.60. The molecule has 5 aliphatic carbocycles. The van der Waals surface area contributed by atoms with Crippen molar-refractivity contribution in [1.82, 2.24) is 0 Å². The molecule has 0 amide bonds. The maximum Gasteiger partial charge on any atom is 0.309 e. The molecule has 0 spiro atoms. The van der Waals surface area contributed by atoms with Crippen molar-refractivity contribution in [2.45, 2.75) is 67.9 Å². The summed E-state index contributed by atoms with van der Waals surface area (Å²) in [4.78, 5) is 12.1. The highest BCUT2D eigenvalue weighted by Gasteiger charge is 2.51. The minimum absolute atomic E-state index is 0.0490. The van der Waals surface area contributed by atoms with Gasteiger partial charge in [0.1, 0.15) is 11.6 Å². The molecule has 7 heteroatoms. The van der Waals surface area contributed by atoms with Crippen LogP contribution in [0.5, 0.6) is 5.75 Å². The Labute approximate surface area is 190 Å². The minimum Gasteiger partial charge on any atom is -0.491 e. The van der Waals surface area contributed by atoms with Gasteiger partial charge in [0.25, 0.3) is 0 Å². The molecule has 170 valence electrons. The molecule has 0 saturated heterocycles. The van der Waals surface area contributed by atoms with Crippen LogP contribution in [0.1, 0.15) is 57.8 Å². The van der Waals surface area contributed by atoms with Crippen LogP contribution >= 0.6 is 11.6 Å². The third-order valence-electron chi connectivity index (χ3n) is 8.13. The average Bonchev–Trinajstić information content (AvgIpc) is 3.22. The van der Waals surface area contributed by atoms with Gasteiger partial charge in [0.15, 0.2) is 0 Å². The van der Waals surface area contributed by atoms with Gasteiger partial charge in [-0.05, 0) is 75.2 Å². The molecule has 0 N–H and O–H groups in total. The Morgan fingerprint density at radius 2 is 1.81 bits per heavy atom. The van der Waals surface area contributed by atoms with Crippen LogP contribution in [0.25, 0.3) is 0 Å².